The maximum atomic E-state index is 12.0. The lowest BCUT2D eigenvalue weighted by atomic mass is 10.0. The number of benzene rings is 1. The number of nitriles is 1. The van der Waals surface area contributed by atoms with Gasteiger partial charge in [0.05, 0.1) is 16.7 Å². The fraction of sp³-hybridized carbons (Fsp3) is 0.308. The number of primary amides is 1. The molecule has 0 fully saturated rings. The summed E-state index contributed by atoms with van der Waals surface area (Å²) in [7, 11) is 0. The molecule has 0 aliphatic rings. The van der Waals surface area contributed by atoms with Gasteiger partial charge in [0.1, 0.15) is 6.04 Å². The number of rotatable bonds is 5. The first-order chi connectivity index (χ1) is 8.95. The van der Waals surface area contributed by atoms with Crippen LogP contribution in [-0.2, 0) is 4.79 Å². The third kappa shape index (κ3) is 4.27. The molecule has 0 radical (unpaired) electrons. The van der Waals surface area contributed by atoms with Crippen LogP contribution in [0.1, 0.15) is 23.7 Å². The number of carbonyl (C=O) groups excluding carboxylic acids is 2. The van der Waals surface area contributed by atoms with Gasteiger partial charge in [-0.05, 0) is 25.5 Å². The van der Waals surface area contributed by atoms with Crippen molar-refractivity contribution >= 4 is 23.4 Å². The maximum Gasteiger partial charge on any atom is 0.253 e. The molecule has 0 saturated carbocycles. The van der Waals surface area contributed by atoms with Gasteiger partial charge in [-0.15, -0.1) is 0 Å². The van der Waals surface area contributed by atoms with E-state index in [0.717, 1.165) is 0 Å². The van der Waals surface area contributed by atoms with Crippen molar-refractivity contribution in [2.24, 2.45) is 11.7 Å². The fourth-order valence-corrected chi connectivity index (χ4v) is 1.76. The van der Waals surface area contributed by atoms with Crippen LogP contribution in [0, 0.1) is 17.2 Å². The SMILES string of the molecule is C[C@@H](C#N)C[C@@H](NC(=O)c1ccccc1Cl)C(N)=O. The second-order valence-corrected chi connectivity index (χ2v) is 4.58. The minimum absolute atomic E-state index is 0.169. The Labute approximate surface area is 116 Å². The smallest absolute Gasteiger partial charge is 0.253 e. The third-order valence-corrected chi connectivity index (χ3v) is 2.91. The zero-order valence-electron chi connectivity index (χ0n) is 10.4. The summed E-state index contributed by atoms with van der Waals surface area (Å²) >= 11 is 5.89. The van der Waals surface area contributed by atoms with E-state index >= 15 is 0 Å². The van der Waals surface area contributed by atoms with Gasteiger partial charge in [0.15, 0.2) is 0 Å². The van der Waals surface area contributed by atoms with E-state index in [0.29, 0.717) is 0 Å². The van der Waals surface area contributed by atoms with Crippen molar-refractivity contribution in [2.45, 2.75) is 19.4 Å². The standard InChI is InChI=1S/C13H14ClN3O2/c1-8(7-15)6-11(12(16)18)17-13(19)9-4-2-3-5-10(9)14/h2-5,8,11H,6H2,1H3,(H2,16,18)(H,17,19)/t8-,11-/m1/s1. The molecule has 19 heavy (non-hydrogen) atoms. The van der Waals surface area contributed by atoms with Crippen LogP contribution in [0.3, 0.4) is 0 Å². The Balaban J connectivity index is 2.81. The largest absolute Gasteiger partial charge is 0.368 e. The zero-order valence-corrected chi connectivity index (χ0v) is 11.1. The van der Waals surface area contributed by atoms with Gasteiger partial charge in [-0.25, -0.2) is 0 Å². The molecule has 0 aliphatic carbocycles. The lowest BCUT2D eigenvalue weighted by molar-refractivity contribution is -0.120. The molecule has 2 amide bonds. The lowest BCUT2D eigenvalue weighted by Crippen LogP contribution is -2.45. The number of hydrogen-bond donors (Lipinski definition) is 2. The topological polar surface area (TPSA) is 96.0 Å². The Morgan fingerprint density at radius 2 is 2.11 bits per heavy atom. The lowest BCUT2D eigenvalue weighted by Gasteiger charge is -2.16. The molecular weight excluding hydrogens is 266 g/mol. The highest BCUT2D eigenvalue weighted by Crippen LogP contribution is 2.15. The predicted molar refractivity (Wildman–Crippen MR) is 71.3 cm³/mol. The monoisotopic (exact) mass is 279 g/mol. The highest BCUT2D eigenvalue weighted by atomic mass is 35.5. The highest BCUT2D eigenvalue weighted by Gasteiger charge is 2.22. The van der Waals surface area contributed by atoms with Crippen molar-refractivity contribution < 1.29 is 9.59 Å². The van der Waals surface area contributed by atoms with Crippen LogP contribution in [0.2, 0.25) is 5.02 Å². The predicted octanol–water partition coefficient (Wildman–Crippen LogP) is 1.47. The van der Waals surface area contributed by atoms with Crippen molar-refractivity contribution in [1.82, 2.24) is 5.32 Å². The van der Waals surface area contributed by atoms with Crippen molar-refractivity contribution in [1.29, 1.82) is 5.26 Å². The summed E-state index contributed by atoms with van der Waals surface area (Å²) in [6.07, 6.45) is 0.169. The number of nitrogens with zero attached hydrogens (tertiary/aromatic N) is 1. The van der Waals surface area contributed by atoms with Crippen molar-refractivity contribution in [3.63, 3.8) is 0 Å². The average Bonchev–Trinajstić information content (AvgIpc) is 2.37. The number of nitrogens with two attached hydrogens (primary N) is 1. The Morgan fingerprint density at radius 3 is 2.63 bits per heavy atom. The quantitative estimate of drug-likeness (QED) is 0.854. The van der Waals surface area contributed by atoms with Crippen LogP contribution in [0.4, 0.5) is 0 Å². The molecule has 1 aromatic carbocycles. The van der Waals surface area contributed by atoms with Gasteiger partial charge >= 0.3 is 0 Å². The number of amides is 2. The molecule has 1 rings (SSSR count). The van der Waals surface area contributed by atoms with Crippen LogP contribution in [0.5, 0.6) is 0 Å². The van der Waals surface area contributed by atoms with Gasteiger partial charge in [-0.2, -0.15) is 5.26 Å². The van der Waals surface area contributed by atoms with Gasteiger partial charge in [0.2, 0.25) is 5.91 Å². The molecular formula is C13H14ClN3O2. The fourth-order valence-electron chi connectivity index (χ4n) is 1.53. The van der Waals surface area contributed by atoms with Crippen molar-refractivity contribution in [3.05, 3.63) is 34.9 Å². The van der Waals surface area contributed by atoms with Gasteiger partial charge in [-0.1, -0.05) is 23.7 Å². The van der Waals surface area contributed by atoms with E-state index in [4.69, 9.17) is 22.6 Å². The van der Waals surface area contributed by atoms with E-state index in [1.807, 2.05) is 6.07 Å². The van der Waals surface area contributed by atoms with E-state index in [9.17, 15) is 9.59 Å². The van der Waals surface area contributed by atoms with E-state index < -0.39 is 17.9 Å². The molecule has 0 aromatic heterocycles. The van der Waals surface area contributed by atoms with Gasteiger partial charge in [-0.3, -0.25) is 9.59 Å². The summed E-state index contributed by atoms with van der Waals surface area (Å²) in [4.78, 5) is 23.2. The molecule has 2 atom stereocenters. The van der Waals surface area contributed by atoms with E-state index in [1.54, 1.807) is 31.2 Å². The minimum Gasteiger partial charge on any atom is -0.368 e. The molecule has 0 aliphatic heterocycles. The van der Waals surface area contributed by atoms with Crippen LogP contribution >= 0.6 is 11.6 Å². The first-order valence-corrected chi connectivity index (χ1v) is 6.07. The van der Waals surface area contributed by atoms with E-state index in [1.165, 1.54) is 0 Å². The second-order valence-electron chi connectivity index (χ2n) is 4.17. The number of carbonyl (C=O) groups is 2. The van der Waals surface area contributed by atoms with Gasteiger partial charge < -0.3 is 11.1 Å². The summed E-state index contributed by atoms with van der Waals surface area (Å²) in [6, 6.07) is 7.58. The normalized spacial score (nSPS) is 13.1. The van der Waals surface area contributed by atoms with E-state index in [-0.39, 0.29) is 22.9 Å². The molecule has 100 valence electrons. The van der Waals surface area contributed by atoms with Crippen LogP contribution in [0.25, 0.3) is 0 Å². The zero-order chi connectivity index (χ0) is 14.4. The number of hydrogen-bond acceptors (Lipinski definition) is 3. The molecule has 5 nitrogen and oxygen atoms in total. The molecule has 0 heterocycles. The summed E-state index contributed by atoms with van der Waals surface area (Å²) in [5, 5.41) is 11.5. The van der Waals surface area contributed by atoms with Gasteiger partial charge in [0.25, 0.3) is 5.91 Å². The molecule has 0 unspecified atom stereocenters. The van der Waals surface area contributed by atoms with E-state index in [2.05, 4.69) is 5.32 Å². The molecule has 1 aromatic rings. The Morgan fingerprint density at radius 1 is 1.47 bits per heavy atom. The van der Waals surface area contributed by atoms with Crippen LogP contribution < -0.4 is 11.1 Å². The third-order valence-electron chi connectivity index (χ3n) is 2.58. The molecule has 0 bridgehead atoms. The Kier molecular flexibility index (Phi) is 5.34. The van der Waals surface area contributed by atoms with Crippen LogP contribution in [0.15, 0.2) is 24.3 Å². The van der Waals surface area contributed by atoms with Gasteiger partial charge in [0, 0.05) is 5.92 Å². The number of nitrogens with one attached hydrogen (secondary N) is 1. The van der Waals surface area contributed by atoms with Crippen LogP contribution in [-0.4, -0.2) is 17.9 Å². The average molecular weight is 280 g/mol. The summed E-state index contributed by atoms with van der Waals surface area (Å²) < 4.78 is 0. The number of halogens is 1. The second kappa shape index (κ2) is 6.76. The summed E-state index contributed by atoms with van der Waals surface area (Å²) in [5.74, 6) is -1.55. The maximum absolute atomic E-state index is 12.0. The minimum atomic E-state index is -0.890. The van der Waals surface area contributed by atoms with Crippen molar-refractivity contribution in [2.75, 3.05) is 0 Å². The van der Waals surface area contributed by atoms with Crippen molar-refractivity contribution in [3.8, 4) is 6.07 Å². The molecule has 0 spiro atoms. The highest BCUT2D eigenvalue weighted by molar-refractivity contribution is 6.33. The first kappa shape index (κ1) is 15.0. The summed E-state index contributed by atoms with van der Waals surface area (Å²) in [6.45, 7) is 1.65. The Bertz CT molecular complexity index is 525. The molecule has 0 saturated heterocycles. The first-order valence-electron chi connectivity index (χ1n) is 5.70. The Hall–Kier alpha value is -2.06. The summed E-state index contributed by atoms with van der Waals surface area (Å²) in [5.41, 5.74) is 5.47. The molecule has 6 heteroatoms. The molecule has 3 N–H and O–H groups in total.